The Morgan fingerprint density at radius 3 is 2.75 bits per heavy atom. The molecule has 1 unspecified atom stereocenters. The highest BCUT2D eigenvalue weighted by Gasteiger charge is 2.20. The van der Waals surface area contributed by atoms with Crippen LogP contribution in [-0.4, -0.2) is 12.6 Å². The van der Waals surface area contributed by atoms with Crippen LogP contribution in [0.4, 0.5) is 0 Å². The SMILES string of the molecule is Cc1cccc(CC(C)CNC2CC2)c1C. The van der Waals surface area contributed by atoms with Gasteiger partial charge in [-0.3, -0.25) is 0 Å². The minimum Gasteiger partial charge on any atom is -0.314 e. The molecule has 0 spiro atoms. The maximum atomic E-state index is 3.61. The zero-order chi connectivity index (χ0) is 11.5. The molecule has 2 rings (SSSR count). The van der Waals surface area contributed by atoms with E-state index in [1.54, 1.807) is 0 Å². The first-order valence-corrected chi connectivity index (χ1v) is 6.45. The zero-order valence-electron chi connectivity index (χ0n) is 10.7. The van der Waals surface area contributed by atoms with Gasteiger partial charge in [0.05, 0.1) is 0 Å². The number of aryl methyl sites for hydroxylation is 1. The van der Waals surface area contributed by atoms with Crippen LogP contribution in [0.15, 0.2) is 18.2 Å². The Labute approximate surface area is 99.3 Å². The first-order chi connectivity index (χ1) is 7.66. The third-order valence-electron chi connectivity index (χ3n) is 3.62. The molecule has 1 aliphatic rings. The first kappa shape index (κ1) is 11.7. The van der Waals surface area contributed by atoms with Gasteiger partial charge in [-0.15, -0.1) is 0 Å². The molecule has 1 aliphatic carbocycles. The van der Waals surface area contributed by atoms with E-state index in [-0.39, 0.29) is 0 Å². The van der Waals surface area contributed by atoms with Crippen LogP contribution in [0, 0.1) is 19.8 Å². The summed E-state index contributed by atoms with van der Waals surface area (Å²) < 4.78 is 0. The number of benzene rings is 1. The fourth-order valence-electron chi connectivity index (χ4n) is 2.14. The molecule has 0 bridgehead atoms. The Bertz CT molecular complexity index is 352. The lowest BCUT2D eigenvalue weighted by Crippen LogP contribution is -2.24. The van der Waals surface area contributed by atoms with Gasteiger partial charge in [0.2, 0.25) is 0 Å². The van der Waals surface area contributed by atoms with Gasteiger partial charge in [-0.25, -0.2) is 0 Å². The number of hydrogen-bond acceptors (Lipinski definition) is 1. The van der Waals surface area contributed by atoms with E-state index in [2.05, 4.69) is 44.3 Å². The Balaban J connectivity index is 1.88. The summed E-state index contributed by atoms with van der Waals surface area (Å²) in [6.45, 7) is 7.95. The van der Waals surface area contributed by atoms with Gasteiger partial charge in [0.1, 0.15) is 0 Å². The molecule has 16 heavy (non-hydrogen) atoms. The van der Waals surface area contributed by atoms with E-state index in [0.29, 0.717) is 0 Å². The van der Waals surface area contributed by atoms with Crippen LogP contribution < -0.4 is 5.32 Å². The van der Waals surface area contributed by atoms with E-state index in [0.717, 1.165) is 18.5 Å². The Morgan fingerprint density at radius 1 is 1.31 bits per heavy atom. The van der Waals surface area contributed by atoms with Crippen LogP contribution in [0.1, 0.15) is 36.5 Å². The lowest BCUT2D eigenvalue weighted by molar-refractivity contribution is 0.508. The second kappa shape index (κ2) is 5.01. The molecule has 1 aromatic rings. The molecule has 0 saturated heterocycles. The Kier molecular flexibility index (Phi) is 3.65. The molecule has 0 heterocycles. The van der Waals surface area contributed by atoms with E-state index < -0.39 is 0 Å². The van der Waals surface area contributed by atoms with Crippen molar-refractivity contribution in [2.24, 2.45) is 5.92 Å². The summed E-state index contributed by atoms with van der Waals surface area (Å²) in [5, 5.41) is 3.61. The quantitative estimate of drug-likeness (QED) is 0.798. The highest BCUT2D eigenvalue weighted by atomic mass is 14.9. The van der Waals surface area contributed by atoms with Gasteiger partial charge in [0.15, 0.2) is 0 Å². The fourth-order valence-corrected chi connectivity index (χ4v) is 2.14. The van der Waals surface area contributed by atoms with E-state index in [1.165, 1.54) is 36.0 Å². The molecule has 88 valence electrons. The summed E-state index contributed by atoms with van der Waals surface area (Å²) in [6.07, 6.45) is 3.97. The number of hydrogen-bond donors (Lipinski definition) is 1. The summed E-state index contributed by atoms with van der Waals surface area (Å²) in [5.41, 5.74) is 4.41. The summed E-state index contributed by atoms with van der Waals surface area (Å²) >= 11 is 0. The summed E-state index contributed by atoms with van der Waals surface area (Å²) in [5.74, 6) is 0.737. The molecule has 1 heteroatoms. The molecule has 0 radical (unpaired) electrons. The number of nitrogens with one attached hydrogen (secondary N) is 1. The van der Waals surface area contributed by atoms with Crippen molar-refractivity contribution >= 4 is 0 Å². The predicted molar refractivity (Wildman–Crippen MR) is 69.8 cm³/mol. The smallest absolute Gasteiger partial charge is 0.00683 e. The van der Waals surface area contributed by atoms with Gasteiger partial charge >= 0.3 is 0 Å². The largest absolute Gasteiger partial charge is 0.314 e. The average molecular weight is 217 g/mol. The monoisotopic (exact) mass is 217 g/mol. The average Bonchev–Trinajstić information content (AvgIpc) is 3.06. The topological polar surface area (TPSA) is 12.0 Å². The van der Waals surface area contributed by atoms with Gasteiger partial charge in [-0.2, -0.15) is 0 Å². The lowest BCUT2D eigenvalue weighted by atomic mass is 9.95. The van der Waals surface area contributed by atoms with Gasteiger partial charge < -0.3 is 5.32 Å². The predicted octanol–water partition coefficient (Wildman–Crippen LogP) is 3.23. The van der Waals surface area contributed by atoms with E-state index in [4.69, 9.17) is 0 Å². The molecule has 1 nitrogen and oxygen atoms in total. The Morgan fingerprint density at radius 2 is 2.06 bits per heavy atom. The van der Waals surface area contributed by atoms with Crippen molar-refractivity contribution < 1.29 is 0 Å². The van der Waals surface area contributed by atoms with Crippen molar-refractivity contribution in [3.05, 3.63) is 34.9 Å². The molecule has 0 aliphatic heterocycles. The van der Waals surface area contributed by atoms with Crippen LogP contribution in [0.3, 0.4) is 0 Å². The van der Waals surface area contributed by atoms with E-state index >= 15 is 0 Å². The van der Waals surface area contributed by atoms with E-state index in [9.17, 15) is 0 Å². The van der Waals surface area contributed by atoms with Gasteiger partial charge in [-0.05, 0) is 62.3 Å². The van der Waals surface area contributed by atoms with Crippen LogP contribution in [-0.2, 0) is 6.42 Å². The summed E-state index contributed by atoms with van der Waals surface area (Å²) in [7, 11) is 0. The van der Waals surface area contributed by atoms with Crippen LogP contribution in [0.25, 0.3) is 0 Å². The fraction of sp³-hybridized carbons (Fsp3) is 0.600. The van der Waals surface area contributed by atoms with E-state index in [1.807, 2.05) is 0 Å². The molecular weight excluding hydrogens is 194 g/mol. The first-order valence-electron chi connectivity index (χ1n) is 6.45. The van der Waals surface area contributed by atoms with Crippen molar-refractivity contribution in [3.8, 4) is 0 Å². The molecule has 0 aromatic heterocycles. The highest BCUT2D eigenvalue weighted by Crippen LogP contribution is 2.20. The van der Waals surface area contributed by atoms with Gasteiger partial charge in [0.25, 0.3) is 0 Å². The maximum Gasteiger partial charge on any atom is 0.00683 e. The second-order valence-corrected chi connectivity index (χ2v) is 5.35. The van der Waals surface area contributed by atoms with Crippen LogP contribution >= 0.6 is 0 Å². The summed E-state index contributed by atoms with van der Waals surface area (Å²) in [6, 6.07) is 7.49. The molecule has 1 saturated carbocycles. The minimum atomic E-state index is 0.737. The lowest BCUT2D eigenvalue weighted by Gasteiger charge is -2.15. The Hall–Kier alpha value is -0.820. The van der Waals surface area contributed by atoms with Crippen molar-refractivity contribution in [2.45, 2.75) is 46.1 Å². The number of rotatable bonds is 5. The third kappa shape index (κ3) is 3.08. The summed E-state index contributed by atoms with van der Waals surface area (Å²) in [4.78, 5) is 0. The molecular formula is C15H23N. The molecule has 1 N–H and O–H groups in total. The van der Waals surface area contributed by atoms with Crippen LogP contribution in [0.5, 0.6) is 0 Å². The second-order valence-electron chi connectivity index (χ2n) is 5.35. The standard InChI is InChI=1S/C15H23N/c1-11(10-16-15-7-8-15)9-14-6-4-5-12(2)13(14)3/h4-6,11,15-16H,7-10H2,1-3H3. The molecule has 1 fully saturated rings. The van der Waals surface area contributed by atoms with Crippen molar-refractivity contribution in [1.82, 2.24) is 5.32 Å². The van der Waals surface area contributed by atoms with Crippen LogP contribution in [0.2, 0.25) is 0 Å². The highest BCUT2D eigenvalue weighted by molar-refractivity contribution is 5.33. The normalized spacial score (nSPS) is 17.4. The van der Waals surface area contributed by atoms with Gasteiger partial charge in [0, 0.05) is 6.04 Å². The molecule has 1 atom stereocenters. The minimum absolute atomic E-state index is 0.737. The zero-order valence-corrected chi connectivity index (χ0v) is 10.7. The van der Waals surface area contributed by atoms with Crippen molar-refractivity contribution in [2.75, 3.05) is 6.54 Å². The molecule has 0 amide bonds. The third-order valence-corrected chi connectivity index (χ3v) is 3.62. The van der Waals surface area contributed by atoms with Crippen molar-refractivity contribution in [1.29, 1.82) is 0 Å². The molecule has 1 aromatic carbocycles. The van der Waals surface area contributed by atoms with Crippen molar-refractivity contribution in [3.63, 3.8) is 0 Å². The maximum absolute atomic E-state index is 3.61. The van der Waals surface area contributed by atoms with Gasteiger partial charge in [-0.1, -0.05) is 25.1 Å².